The van der Waals surface area contributed by atoms with Gasteiger partial charge in [-0.2, -0.15) is 0 Å². The van der Waals surface area contributed by atoms with E-state index in [0.29, 0.717) is 30.8 Å². The predicted molar refractivity (Wildman–Crippen MR) is 100.0 cm³/mol. The minimum Gasteiger partial charge on any atom is -0.486 e. The average molecular weight is 405 g/mol. The first kappa shape index (κ1) is 20.8. The van der Waals surface area contributed by atoms with E-state index >= 15 is 0 Å². The fourth-order valence-corrected chi connectivity index (χ4v) is 4.38. The minimum absolute atomic E-state index is 0. The first-order valence-corrected chi connectivity index (χ1v) is 10.2. The number of halogens is 1. The lowest BCUT2D eigenvalue weighted by molar-refractivity contribution is -0.121. The monoisotopic (exact) mass is 404 g/mol. The van der Waals surface area contributed by atoms with Gasteiger partial charge in [0.25, 0.3) is 0 Å². The van der Waals surface area contributed by atoms with Gasteiger partial charge in [-0.3, -0.25) is 4.79 Å². The summed E-state index contributed by atoms with van der Waals surface area (Å²) < 4.78 is 35.8. The summed E-state index contributed by atoms with van der Waals surface area (Å²) in [5, 5.41) is 6.25. The lowest BCUT2D eigenvalue weighted by atomic mass is 10.0. The Balaban J connectivity index is 0.00000243. The summed E-state index contributed by atoms with van der Waals surface area (Å²) in [6, 6.07) is 5.03. The Hall–Kier alpha value is -1.51. The van der Waals surface area contributed by atoms with Crippen molar-refractivity contribution in [2.24, 2.45) is 0 Å². The minimum atomic E-state index is -3.55. The standard InChI is InChI=1S/C17H24N2O5S.ClH/c1-12-10-13(4-6-18-12)19-17(20)5-9-25(21,22)14-2-3-15-16(11-14)24-8-7-23-15;/h2-3,11-13,18H,4-10H2,1H3,(H,19,20);1H. The number of carbonyl (C=O) groups excluding carboxylic acids is 1. The van der Waals surface area contributed by atoms with Gasteiger partial charge in [0.15, 0.2) is 21.3 Å². The second-order valence-electron chi connectivity index (χ2n) is 6.52. The molecule has 0 aromatic heterocycles. The van der Waals surface area contributed by atoms with E-state index in [2.05, 4.69) is 17.6 Å². The second-order valence-corrected chi connectivity index (χ2v) is 8.63. The van der Waals surface area contributed by atoms with Crippen molar-refractivity contribution in [3.63, 3.8) is 0 Å². The smallest absolute Gasteiger partial charge is 0.221 e. The molecule has 9 heteroatoms. The van der Waals surface area contributed by atoms with Crippen LogP contribution in [0.5, 0.6) is 11.5 Å². The van der Waals surface area contributed by atoms with Gasteiger partial charge in [-0.15, -0.1) is 12.4 Å². The lowest BCUT2D eigenvalue weighted by Gasteiger charge is -2.28. The Morgan fingerprint density at radius 1 is 1.27 bits per heavy atom. The molecule has 1 aromatic carbocycles. The average Bonchev–Trinajstić information content (AvgIpc) is 2.60. The third-order valence-corrected chi connectivity index (χ3v) is 6.17. The summed E-state index contributed by atoms with van der Waals surface area (Å²) in [5.41, 5.74) is 0. The number of carbonyl (C=O) groups is 1. The van der Waals surface area contributed by atoms with Crippen LogP contribution in [0.15, 0.2) is 23.1 Å². The zero-order valence-corrected chi connectivity index (χ0v) is 16.3. The number of amides is 1. The van der Waals surface area contributed by atoms with Gasteiger partial charge in [0.1, 0.15) is 13.2 Å². The van der Waals surface area contributed by atoms with Gasteiger partial charge in [-0.1, -0.05) is 0 Å². The summed E-state index contributed by atoms with van der Waals surface area (Å²) in [6.07, 6.45) is 1.68. The van der Waals surface area contributed by atoms with Gasteiger partial charge in [0, 0.05) is 24.6 Å². The Labute approximate surface area is 160 Å². The first-order chi connectivity index (χ1) is 11.9. The normalized spacial score (nSPS) is 22.2. The van der Waals surface area contributed by atoms with Crippen LogP contribution >= 0.6 is 12.4 Å². The molecular weight excluding hydrogens is 380 g/mol. The largest absolute Gasteiger partial charge is 0.486 e. The molecule has 2 N–H and O–H groups in total. The van der Waals surface area contributed by atoms with E-state index in [4.69, 9.17) is 9.47 Å². The Morgan fingerprint density at radius 2 is 2.00 bits per heavy atom. The first-order valence-electron chi connectivity index (χ1n) is 8.59. The number of fused-ring (bicyclic) bond motifs is 1. The van der Waals surface area contributed by atoms with Crippen LogP contribution in [-0.2, 0) is 14.6 Å². The second kappa shape index (κ2) is 8.92. The van der Waals surface area contributed by atoms with Crippen LogP contribution in [0.2, 0.25) is 0 Å². The van der Waals surface area contributed by atoms with Crippen molar-refractivity contribution in [1.82, 2.24) is 10.6 Å². The summed E-state index contributed by atoms with van der Waals surface area (Å²) in [7, 11) is -3.55. The van der Waals surface area contributed by atoms with Crippen molar-refractivity contribution in [3.8, 4) is 11.5 Å². The van der Waals surface area contributed by atoms with Crippen molar-refractivity contribution < 1.29 is 22.7 Å². The van der Waals surface area contributed by atoms with E-state index < -0.39 is 9.84 Å². The van der Waals surface area contributed by atoms with Crippen LogP contribution < -0.4 is 20.1 Å². The highest BCUT2D eigenvalue weighted by atomic mass is 35.5. The van der Waals surface area contributed by atoms with Crippen LogP contribution in [0.4, 0.5) is 0 Å². The highest BCUT2D eigenvalue weighted by molar-refractivity contribution is 7.91. The molecule has 0 saturated carbocycles. The molecule has 0 aliphatic carbocycles. The van der Waals surface area contributed by atoms with Crippen LogP contribution in [0.3, 0.4) is 0 Å². The van der Waals surface area contributed by atoms with Crippen molar-refractivity contribution in [2.45, 2.75) is 43.2 Å². The predicted octanol–water partition coefficient (Wildman–Crippen LogP) is 1.30. The highest BCUT2D eigenvalue weighted by Crippen LogP contribution is 2.32. The molecule has 7 nitrogen and oxygen atoms in total. The van der Waals surface area contributed by atoms with Crippen molar-refractivity contribution >= 4 is 28.2 Å². The molecule has 26 heavy (non-hydrogen) atoms. The highest BCUT2D eigenvalue weighted by Gasteiger charge is 2.23. The lowest BCUT2D eigenvalue weighted by Crippen LogP contribution is -2.46. The number of ether oxygens (including phenoxy) is 2. The molecule has 0 radical (unpaired) electrons. The molecule has 0 spiro atoms. The van der Waals surface area contributed by atoms with Gasteiger partial charge < -0.3 is 20.1 Å². The quantitative estimate of drug-likeness (QED) is 0.768. The fourth-order valence-electron chi connectivity index (χ4n) is 3.12. The molecule has 1 saturated heterocycles. The van der Waals surface area contributed by atoms with E-state index in [1.54, 1.807) is 6.07 Å². The van der Waals surface area contributed by atoms with Gasteiger partial charge in [0.2, 0.25) is 5.91 Å². The molecular formula is C17H25ClN2O5S. The zero-order valence-electron chi connectivity index (χ0n) is 14.7. The Kier molecular flexibility index (Phi) is 7.14. The van der Waals surface area contributed by atoms with Crippen molar-refractivity contribution in [1.29, 1.82) is 0 Å². The third-order valence-electron chi connectivity index (χ3n) is 4.46. The SMILES string of the molecule is CC1CC(NC(=O)CCS(=O)(=O)c2ccc3c(c2)OCCO3)CCN1.Cl. The molecule has 1 aromatic rings. The number of hydrogen-bond donors (Lipinski definition) is 2. The molecule has 2 unspecified atom stereocenters. The summed E-state index contributed by atoms with van der Waals surface area (Å²) >= 11 is 0. The molecule has 2 atom stereocenters. The number of rotatable bonds is 5. The number of piperidine rings is 1. The summed E-state index contributed by atoms with van der Waals surface area (Å²) in [5.74, 6) is 0.530. The zero-order chi connectivity index (χ0) is 17.9. The molecule has 2 aliphatic rings. The van der Waals surface area contributed by atoms with E-state index in [1.165, 1.54) is 12.1 Å². The molecule has 2 heterocycles. The third kappa shape index (κ3) is 5.25. The van der Waals surface area contributed by atoms with Gasteiger partial charge in [-0.05, 0) is 38.4 Å². The molecule has 2 aliphatic heterocycles. The van der Waals surface area contributed by atoms with E-state index in [9.17, 15) is 13.2 Å². The van der Waals surface area contributed by atoms with Crippen molar-refractivity contribution in [2.75, 3.05) is 25.5 Å². The number of hydrogen-bond acceptors (Lipinski definition) is 6. The van der Waals surface area contributed by atoms with Gasteiger partial charge in [-0.25, -0.2) is 8.42 Å². The summed E-state index contributed by atoms with van der Waals surface area (Å²) in [4.78, 5) is 12.2. The van der Waals surface area contributed by atoms with E-state index in [1.807, 2.05) is 0 Å². The number of nitrogens with one attached hydrogen (secondary N) is 2. The van der Waals surface area contributed by atoms with Crippen LogP contribution in [0, 0.1) is 0 Å². The van der Waals surface area contributed by atoms with Crippen LogP contribution in [-0.4, -0.2) is 51.9 Å². The molecule has 146 valence electrons. The maximum atomic E-state index is 12.5. The van der Waals surface area contributed by atoms with Crippen LogP contribution in [0.1, 0.15) is 26.2 Å². The van der Waals surface area contributed by atoms with Crippen LogP contribution in [0.25, 0.3) is 0 Å². The van der Waals surface area contributed by atoms with E-state index in [-0.39, 0.29) is 41.4 Å². The van der Waals surface area contributed by atoms with Gasteiger partial charge in [0.05, 0.1) is 10.6 Å². The molecule has 1 fully saturated rings. The number of benzene rings is 1. The maximum absolute atomic E-state index is 12.5. The van der Waals surface area contributed by atoms with E-state index in [0.717, 1.165) is 19.4 Å². The molecule has 3 rings (SSSR count). The topological polar surface area (TPSA) is 93.7 Å². The molecule has 0 bridgehead atoms. The summed E-state index contributed by atoms with van der Waals surface area (Å²) in [6.45, 7) is 3.79. The van der Waals surface area contributed by atoms with Crippen molar-refractivity contribution in [3.05, 3.63) is 18.2 Å². The maximum Gasteiger partial charge on any atom is 0.221 e. The molecule has 1 amide bonds. The Morgan fingerprint density at radius 3 is 2.73 bits per heavy atom. The van der Waals surface area contributed by atoms with Gasteiger partial charge >= 0.3 is 0 Å². The number of sulfone groups is 1. The fraction of sp³-hybridized carbons (Fsp3) is 0.588. The Bertz CT molecular complexity index is 741.